The van der Waals surface area contributed by atoms with Gasteiger partial charge in [0.25, 0.3) is 0 Å². The average molecular weight is 272 g/mol. The minimum Gasteiger partial charge on any atom is -0.507 e. The number of hydrogen-bond acceptors (Lipinski definition) is 5. The standard InChI is InChI=1S/C15H12O5/c1-6(2)14-13(19)10-11(17)7-4-3-5-8(16)9(7)12(18)15(10)20-14/h3-5,13-14,16,19H,1H2,2H3. The third-order valence-corrected chi connectivity index (χ3v) is 3.52. The molecule has 1 aliphatic heterocycles. The summed E-state index contributed by atoms with van der Waals surface area (Å²) in [6, 6.07) is 4.25. The molecule has 5 nitrogen and oxygen atoms in total. The number of hydrogen-bond donors (Lipinski definition) is 2. The number of phenolic OH excluding ortho intramolecular Hbond substituents is 1. The van der Waals surface area contributed by atoms with Gasteiger partial charge in [-0.2, -0.15) is 0 Å². The van der Waals surface area contributed by atoms with Crippen molar-refractivity contribution in [3.05, 3.63) is 52.8 Å². The number of ketones is 2. The first kappa shape index (κ1) is 12.6. The molecule has 0 saturated carbocycles. The summed E-state index contributed by atoms with van der Waals surface area (Å²) in [5, 5.41) is 19.9. The summed E-state index contributed by atoms with van der Waals surface area (Å²) in [7, 11) is 0. The molecule has 2 aliphatic rings. The third-order valence-electron chi connectivity index (χ3n) is 3.52. The van der Waals surface area contributed by atoms with E-state index in [4.69, 9.17) is 4.74 Å². The Kier molecular flexibility index (Phi) is 2.55. The average Bonchev–Trinajstić information content (AvgIpc) is 2.74. The van der Waals surface area contributed by atoms with Gasteiger partial charge in [-0.3, -0.25) is 9.59 Å². The van der Waals surface area contributed by atoms with E-state index in [9.17, 15) is 19.8 Å². The van der Waals surface area contributed by atoms with Crippen LogP contribution < -0.4 is 0 Å². The molecule has 0 amide bonds. The maximum absolute atomic E-state index is 12.4. The number of allylic oxidation sites excluding steroid dienone is 1. The highest BCUT2D eigenvalue weighted by atomic mass is 16.5. The van der Waals surface area contributed by atoms with Gasteiger partial charge in [-0.25, -0.2) is 0 Å². The minimum absolute atomic E-state index is 0.0545. The molecule has 3 rings (SSSR count). The number of carbonyl (C=O) groups is 2. The van der Waals surface area contributed by atoms with Crippen LogP contribution in [-0.2, 0) is 4.74 Å². The van der Waals surface area contributed by atoms with Gasteiger partial charge in [-0.15, -0.1) is 0 Å². The van der Waals surface area contributed by atoms with Gasteiger partial charge < -0.3 is 14.9 Å². The van der Waals surface area contributed by atoms with Crippen molar-refractivity contribution in [2.24, 2.45) is 0 Å². The Morgan fingerprint density at radius 1 is 1.30 bits per heavy atom. The highest BCUT2D eigenvalue weighted by Gasteiger charge is 2.47. The molecule has 1 aliphatic carbocycles. The Balaban J connectivity index is 2.18. The molecular weight excluding hydrogens is 260 g/mol. The lowest BCUT2D eigenvalue weighted by molar-refractivity contribution is 0.0644. The smallest absolute Gasteiger partial charge is 0.232 e. The van der Waals surface area contributed by atoms with E-state index in [1.807, 2.05) is 0 Å². The molecule has 0 radical (unpaired) electrons. The summed E-state index contributed by atoms with van der Waals surface area (Å²) in [6.07, 6.45) is -2.03. The topological polar surface area (TPSA) is 83.8 Å². The predicted molar refractivity (Wildman–Crippen MR) is 69.5 cm³/mol. The molecule has 20 heavy (non-hydrogen) atoms. The van der Waals surface area contributed by atoms with Crippen molar-refractivity contribution in [3.8, 4) is 5.75 Å². The number of phenols is 1. The molecule has 0 aromatic heterocycles. The van der Waals surface area contributed by atoms with Crippen molar-refractivity contribution in [2.75, 3.05) is 0 Å². The maximum atomic E-state index is 12.4. The van der Waals surface area contributed by atoms with Crippen LogP contribution in [0.15, 0.2) is 41.7 Å². The van der Waals surface area contributed by atoms with E-state index in [1.165, 1.54) is 18.2 Å². The van der Waals surface area contributed by atoms with Gasteiger partial charge in [0.1, 0.15) is 18.0 Å². The number of benzene rings is 1. The second-order valence-corrected chi connectivity index (χ2v) is 4.93. The van der Waals surface area contributed by atoms with Crippen molar-refractivity contribution in [3.63, 3.8) is 0 Å². The number of Topliss-reactive ketones (excluding diaryl/α,β-unsaturated/α-hetero) is 2. The molecule has 2 N–H and O–H groups in total. The maximum Gasteiger partial charge on any atom is 0.232 e. The molecule has 2 atom stereocenters. The molecule has 1 heterocycles. The van der Waals surface area contributed by atoms with E-state index in [2.05, 4.69) is 6.58 Å². The monoisotopic (exact) mass is 272 g/mol. The Hall–Kier alpha value is -2.40. The van der Waals surface area contributed by atoms with Crippen LogP contribution in [0.2, 0.25) is 0 Å². The molecule has 1 aromatic rings. The summed E-state index contributed by atoms with van der Waals surface area (Å²) < 4.78 is 5.38. The van der Waals surface area contributed by atoms with Gasteiger partial charge in [0.2, 0.25) is 5.78 Å². The van der Waals surface area contributed by atoms with Crippen LogP contribution in [0, 0.1) is 0 Å². The lowest BCUT2D eigenvalue weighted by Gasteiger charge is -2.16. The third kappa shape index (κ3) is 1.47. The van der Waals surface area contributed by atoms with Crippen molar-refractivity contribution >= 4 is 11.6 Å². The van der Waals surface area contributed by atoms with Crippen LogP contribution in [-0.4, -0.2) is 34.0 Å². The van der Waals surface area contributed by atoms with Gasteiger partial charge in [0.15, 0.2) is 11.5 Å². The molecule has 2 unspecified atom stereocenters. The largest absolute Gasteiger partial charge is 0.507 e. The van der Waals surface area contributed by atoms with Crippen molar-refractivity contribution in [1.82, 2.24) is 0 Å². The number of ether oxygens (including phenoxy) is 1. The fourth-order valence-corrected chi connectivity index (χ4v) is 2.55. The summed E-state index contributed by atoms with van der Waals surface area (Å²) in [5.74, 6) is -1.55. The van der Waals surface area contributed by atoms with Gasteiger partial charge in [0.05, 0.1) is 11.1 Å². The lowest BCUT2D eigenvalue weighted by Crippen LogP contribution is -2.28. The van der Waals surface area contributed by atoms with E-state index >= 15 is 0 Å². The first-order valence-corrected chi connectivity index (χ1v) is 6.09. The molecule has 0 fully saturated rings. The van der Waals surface area contributed by atoms with Crippen molar-refractivity contribution in [2.45, 2.75) is 19.1 Å². The predicted octanol–water partition coefficient (Wildman–Crippen LogP) is 1.36. The van der Waals surface area contributed by atoms with Crippen LogP contribution in [0.5, 0.6) is 5.75 Å². The molecule has 0 spiro atoms. The Morgan fingerprint density at radius 2 is 2.00 bits per heavy atom. The van der Waals surface area contributed by atoms with Gasteiger partial charge in [0, 0.05) is 5.56 Å². The summed E-state index contributed by atoms with van der Waals surface area (Å²) in [5.41, 5.74) is 0.464. The van der Waals surface area contributed by atoms with Gasteiger partial charge >= 0.3 is 0 Å². The van der Waals surface area contributed by atoms with Crippen LogP contribution in [0.25, 0.3) is 0 Å². The number of carbonyl (C=O) groups excluding carboxylic acids is 2. The van der Waals surface area contributed by atoms with Gasteiger partial charge in [-0.1, -0.05) is 18.7 Å². The quantitative estimate of drug-likeness (QED) is 0.754. The fraction of sp³-hybridized carbons (Fsp3) is 0.200. The molecule has 1 aromatic carbocycles. The second-order valence-electron chi connectivity index (χ2n) is 4.93. The van der Waals surface area contributed by atoms with Crippen LogP contribution in [0.1, 0.15) is 27.6 Å². The zero-order chi connectivity index (χ0) is 14.6. The number of aromatic hydroxyl groups is 1. The fourth-order valence-electron chi connectivity index (χ4n) is 2.55. The second kappa shape index (κ2) is 4.05. The number of fused-ring (bicyclic) bond motifs is 1. The van der Waals surface area contributed by atoms with E-state index in [0.717, 1.165) is 0 Å². The van der Waals surface area contributed by atoms with Crippen LogP contribution in [0.3, 0.4) is 0 Å². The summed E-state index contributed by atoms with van der Waals surface area (Å²) in [6.45, 7) is 5.32. The number of aliphatic hydroxyl groups excluding tert-OH is 1. The van der Waals surface area contributed by atoms with Crippen LogP contribution >= 0.6 is 0 Å². The molecule has 0 bridgehead atoms. The first-order chi connectivity index (χ1) is 9.43. The molecule has 0 saturated heterocycles. The van der Waals surface area contributed by atoms with Crippen molar-refractivity contribution in [1.29, 1.82) is 0 Å². The SMILES string of the molecule is C=C(C)C1OC2=C(C(=O)c3cccc(O)c3C2=O)C1O. The minimum atomic E-state index is -1.21. The first-order valence-electron chi connectivity index (χ1n) is 6.09. The molecule has 5 heteroatoms. The van der Waals surface area contributed by atoms with E-state index in [1.54, 1.807) is 6.92 Å². The Bertz CT molecular complexity index is 698. The zero-order valence-corrected chi connectivity index (χ0v) is 10.7. The van der Waals surface area contributed by atoms with E-state index in [-0.39, 0.29) is 28.2 Å². The summed E-state index contributed by atoms with van der Waals surface area (Å²) in [4.78, 5) is 24.7. The zero-order valence-electron chi connectivity index (χ0n) is 10.7. The molecular formula is C15H12O5. The lowest BCUT2D eigenvalue weighted by atomic mass is 9.85. The van der Waals surface area contributed by atoms with Gasteiger partial charge in [-0.05, 0) is 18.6 Å². The Morgan fingerprint density at radius 3 is 2.65 bits per heavy atom. The number of rotatable bonds is 1. The number of aliphatic hydroxyl groups is 1. The van der Waals surface area contributed by atoms with E-state index in [0.29, 0.717) is 5.57 Å². The summed E-state index contributed by atoms with van der Waals surface area (Å²) >= 11 is 0. The normalized spacial score (nSPS) is 24.3. The van der Waals surface area contributed by atoms with E-state index < -0.39 is 23.8 Å². The highest BCUT2D eigenvalue weighted by molar-refractivity contribution is 6.27. The molecule has 102 valence electrons. The Labute approximate surface area is 114 Å². The van der Waals surface area contributed by atoms with Crippen molar-refractivity contribution < 1.29 is 24.5 Å². The van der Waals surface area contributed by atoms with Crippen LogP contribution in [0.4, 0.5) is 0 Å². The highest BCUT2D eigenvalue weighted by Crippen LogP contribution is 2.40.